The van der Waals surface area contributed by atoms with Crippen molar-refractivity contribution in [1.29, 1.82) is 0 Å². The maximum Gasteiger partial charge on any atom is 0.161 e. The summed E-state index contributed by atoms with van der Waals surface area (Å²) in [5.41, 5.74) is 3.13. The SMILES string of the molecule is [CH2]c1cccc(Cl)c1Cc1ccc(OCC)c(OCC)c1. The Morgan fingerprint density at radius 2 is 1.71 bits per heavy atom. The summed E-state index contributed by atoms with van der Waals surface area (Å²) in [6, 6.07) is 11.8. The number of hydrogen-bond donors (Lipinski definition) is 0. The van der Waals surface area contributed by atoms with Crippen molar-refractivity contribution in [2.75, 3.05) is 13.2 Å². The molecule has 0 fully saturated rings. The van der Waals surface area contributed by atoms with E-state index in [1.165, 1.54) is 0 Å². The van der Waals surface area contributed by atoms with Gasteiger partial charge in [-0.15, -0.1) is 0 Å². The van der Waals surface area contributed by atoms with Crippen molar-refractivity contribution in [3.05, 3.63) is 65.0 Å². The molecule has 0 unspecified atom stereocenters. The van der Waals surface area contributed by atoms with Crippen LogP contribution in [0.1, 0.15) is 30.5 Å². The minimum Gasteiger partial charge on any atom is -0.490 e. The first-order chi connectivity index (χ1) is 10.2. The fraction of sp³-hybridized carbons (Fsp3) is 0.278. The van der Waals surface area contributed by atoms with Crippen LogP contribution in [0.5, 0.6) is 11.5 Å². The first kappa shape index (κ1) is 15.7. The molecule has 3 heteroatoms. The van der Waals surface area contributed by atoms with Crippen LogP contribution in [0, 0.1) is 6.92 Å². The predicted molar refractivity (Wildman–Crippen MR) is 87.5 cm³/mol. The Balaban J connectivity index is 2.30. The lowest BCUT2D eigenvalue weighted by Crippen LogP contribution is -2.00. The van der Waals surface area contributed by atoms with Crippen molar-refractivity contribution in [2.45, 2.75) is 20.3 Å². The maximum absolute atomic E-state index is 6.27. The Morgan fingerprint density at radius 1 is 1.00 bits per heavy atom. The summed E-state index contributed by atoms with van der Waals surface area (Å²) < 4.78 is 11.2. The molecule has 21 heavy (non-hydrogen) atoms. The van der Waals surface area contributed by atoms with Crippen molar-refractivity contribution in [3.63, 3.8) is 0 Å². The largest absolute Gasteiger partial charge is 0.490 e. The molecule has 0 aliphatic heterocycles. The second-order valence-corrected chi connectivity index (χ2v) is 5.11. The van der Waals surface area contributed by atoms with Crippen LogP contribution < -0.4 is 9.47 Å². The molecule has 0 spiro atoms. The van der Waals surface area contributed by atoms with Crippen LogP contribution in [0.2, 0.25) is 5.02 Å². The van der Waals surface area contributed by atoms with Crippen molar-refractivity contribution in [2.24, 2.45) is 0 Å². The van der Waals surface area contributed by atoms with Gasteiger partial charge >= 0.3 is 0 Å². The first-order valence-electron chi connectivity index (χ1n) is 7.13. The van der Waals surface area contributed by atoms with Gasteiger partial charge in [-0.25, -0.2) is 0 Å². The van der Waals surface area contributed by atoms with E-state index in [0.29, 0.717) is 13.2 Å². The molecular formula is C18H20ClO2. The molecule has 2 nitrogen and oxygen atoms in total. The average Bonchev–Trinajstić information content (AvgIpc) is 2.46. The van der Waals surface area contributed by atoms with E-state index >= 15 is 0 Å². The second kappa shape index (κ2) is 7.37. The molecule has 0 aromatic heterocycles. The molecule has 0 amide bonds. The van der Waals surface area contributed by atoms with E-state index in [1.807, 2.05) is 50.2 Å². The summed E-state index contributed by atoms with van der Waals surface area (Å²) in [5.74, 6) is 1.55. The van der Waals surface area contributed by atoms with Crippen LogP contribution in [0.25, 0.3) is 0 Å². The van der Waals surface area contributed by atoms with E-state index < -0.39 is 0 Å². The van der Waals surface area contributed by atoms with Gasteiger partial charge < -0.3 is 9.47 Å². The quantitative estimate of drug-likeness (QED) is 0.755. The normalized spacial score (nSPS) is 10.5. The Morgan fingerprint density at radius 3 is 2.38 bits per heavy atom. The number of rotatable bonds is 6. The topological polar surface area (TPSA) is 18.5 Å². The highest BCUT2D eigenvalue weighted by Crippen LogP contribution is 2.31. The molecule has 0 aliphatic carbocycles. The van der Waals surface area contributed by atoms with Crippen LogP contribution in [0.15, 0.2) is 36.4 Å². The zero-order valence-electron chi connectivity index (χ0n) is 12.5. The molecule has 0 bridgehead atoms. The molecule has 0 heterocycles. The van der Waals surface area contributed by atoms with Gasteiger partial charge in [0.2, 0.25) is 0 Å². The van der Waals surface area contributed by atoms with Crippen LogP contribution in [0.3, 0.4) is 0 Å². The van der Waals surface area contributed by atoms with Gasteiger partial charge in [0.25, 0.3) is 0 Å². The van der Waals surface area contributed by atoms with Crippen LogP contribution in [0.4, 0.5) is 0 Å². The number of hydrogen-bond acceptors (Lipinski definition) is 2. The molecular weight excluding hydrogens is 284 g/mol. The Labute approximate surface area is 131 Å². The van der Waals surface area contributed by atoms with E-state index in [0.717, 1.165) is 39.6 Å². The smallest absolute Gasteiger partial charge is 0.161 e. The Kier molecular flexibility index (Phi) is 5.51. The lowest BCUT2D eigenvalue weighted by atomic mass is 10.0. The zero-order chi connectivity index (χ0) is 15.2. The molecule has 2 rings (SSSR count). The monoisotopic (exact) mass is 303 g/mol. The minimum atomic E-state index is 0.607. The third-order valence-corrected chi connectivity index (χ3v) is 3.56. The molecule has 0 saturated heterocycles. The highest BCUT2D eigenvalue weighted by molar-refractivity contribution is 6.31. The molecule has 0 N–H and O–H groups in total. The van der Waals surface area contributed by atoms with Gasteiger partial charge in [-0.05, 0) is 62.1 Å². The highest BCUT2D eigenvalue weighted by atomic mass is 35.5. The summed E-state index contributed by atoms with van der Waals surface area (Å²) >= 11 is 6.27. The third-order valence-electron chi connectivity index (χ3n) is 3.20. The van der Waals surface area contributed by atoms with Gasteiger partial charge in [0, 0.05) is 5.02 Å². The van der Waals surface area contributed by atoms with E-state index in [-0.39, 0.29) is 0 Å². The summed E-state index contributed by atoms with van der Waals surface area (Å²) in [6.45, 7) is 9.19. The van der Waals surface area contributed by atoms with E-state index in [4.69, 9.17) is 21.1 Å². The van der Waals surface area contributed by atoms with Crippen LogP contribution in [-0.4, -0.2) is 13.2 Å². The zero-order valence-corrected chi connectivity index (χ0v) is 13.2. The summed E-state index contributed by atoms with van der Waals surface area (Å²) in [5, 5.41) is 0.745. The van der Waals surface area contributed by atoms with E-state index in [9.17, 15) is 0 Å². The third kappa shape index (κ3) is 3.92. The number of benzene rings is 2. The van der Waals surface area contributed by atoms with E-state index in [1.54, 1.807) is 0 Å². The summed E-state index contributed by atoms with van der Waals surface area (Å²) in [4.78, 5) is 0. The Bertz CT molecular complexity index is 588. The lowest BCUT2D eigenvalue weighted by molar-refractivity contribution is 0.287. The van der Waals surface area contributed by atoms with Gasteiger partial charge in [-0.2, -0.15) is 0 Å². The van der Waals surface area contributed by atoms with Gasteiger partial charge in [-0.3, -0.25) is 0 Å². The standard InChI is InChI=1S/C18H20ClO2/c1-4-20-17-10-9-14(12-18(17)21-5-2)11-15-13(3)7-6-8-16(15)19/h6-10,12H,3-5,11H2,1-2H3. The summed E-state index contributed by atoms with van der Waals surface area (Å²) in [6.07, 6.45) is 0.727. The van der Waals surface area contributed by atoms with E-state index in [2.05, 4.69) is 6.92 Å². The lowest BCUT2D eigenvalue weighted by Gasteiger charge is -2.13. The first-order valence-corrected chi connectivity index (χ1v) is 7.51. The molecule has 0 saturated carbocycles. The molecule has 0 aliphatic rings. The number of ether oxygens (including phenoxy) is 2. The molecule has 111 valence electrons. The van der Waals surface area contributed by atoms with Gasteiger partial charge in [0.05, 0.1) is 13.2 Å². The van der Waals surface area contributed by atoms with Crippen molar-refractivity contribution >= 4 is 11.6 Å². The van der Waals surface area contributed by atoms with Gasteiger partial charge in [-0.1, -0.05) is 29.8 Å². The molecule has 0 atom stereocenters. The number of halogens is 1. The summed E-state index contributed by atoms with van der Waals surface area (Å²) in [7, 11) is 0. The van der Waals surface area contributed by atoms with Gasteiger partial charge in [0.1, 0.15) is 0 Å². The van der Waals surface area contributed by atoms with Crippen LogP contribution in [-0.2, 0) is 6.42 Å². The fourth-order valence-electron chi connectivity index (χ4n) is 2.21. The predicted octanol–water partition coefficient (Wildman–Crippen LogP) is 4.91. The van der Waals surface area contributed by atoms with Gasteiger partial charge in [0.15, 0.2) is 11.5 Å². The Hall–Kier alpha value is -1.67. The van der Waals surface area contributed by atoms with Crippen molar-refractivity contribution in [3.8, 4) is 11.5 Å². The minimum absolute atomic E-state index is 0.607. The molecule has 2 aromatic carbocycles. The van der Waals surface area contributed by atoms with Crippen molar-refractivity contribution in [1.82, 2.24) is 0 Å². The van der Waals surface area contributed by atoms with Crippen LogP contribution >= 0.6 is 11.6 Å². The second-order valence-electron chi connectivity index (χ2n) is 4.70. The molecule has 1 radical (unpaired) electrons. The fourth-order valence-corrected chi connectivity index (χ4v) is 2.47. The molecule has 2 aromatic rings. The van der Waals surface area contributed by atoms with Crippen molar-refractivity contribution < 1.29 is 9.47 Å². The maximum atomic E-state index is 6.27. The highest BCUT2D eigenvalue weighted by Gasteiger charge is 2.09. The average molecular weight is 304 g/mol.